The van der Waals surface area contributed by atoms with E-state index in [0.717, 1.165) is 0 Å². The Balaban J connectivity index is 1.22. The molecule has 0 unspecified atom stereocenters. The van der Waals surface area contributed by atoms with E-state index in [-0.39, 0.29) is 24.2 Å². The molecule has 2 amide bonds. The number of benzene rings is 2. The molecule has 0 spiro atoms. The number of rotatable bonds is 7. The van der Waals surface area contributed by atoms with Crippen LogP contribution in [-0.2, 0) is 22.7 Å². The van der Waals surface area contributed by atoms with Crippen molar-refractivity contribution in [3.8, 4) is 5.75 Å². The first-order chi connectivity index (χ1) is 14.2. The fourth-order valence-electron chi connectivity index (χ4n) is 2.86. The maximum Gasteiger partial charge on any atom is 0.264 e. The summed E-state index contributed by atoms with van der Waals surface area (Å²) < 4.78 is 6.03. The van der Waals surface area contributed by atoms with Crippen LogP contribution < -0.4 is 10.1 Å². The van der Waals surface area contributed by atoms with Crippen molar-refractivity contribution in [1.82, 2.24) is 15.1 Å². The lowest BCUT2D eigenvalue weighted by atomic mass is 10.1. The molecule has 1 aliphatic rings. The molecular weight excluding hydrogens is 408 g/mol. The number of thioether (sulfide) groups is 1. The number of hydrogen-bond donors (Lipinski definition) is 1. The van der Waals surface area contributed by atoms with Crippen LogP contribution in [0.4, 0.5) is 5.13 Å². The maximum absolute atomic E-state index is 12.5. The van der Waals surface area contributed by atoms with Crippen LogP contribution >= 0.6 is 23.1 Å². The molecule has 0 atom stereocenters. The lowest BCUT2D eigenvalue weighted by molar-refractivity contribution is -0.129. The summed E-state index contributed by atoms with van der Waals surface area (Å²) in [6.45, 7) is 1.18. The smallest absolute Gasteiger partial charge is 0.264 e. The van der Waals surface area contributed by atoms with E-state index in [1.807, 2.05) is 35.2 Å². The molecule has 0 saturated heterocycles. The van der Waals surface area contributed by atoms with Gasteiger partial charge in [-0.15, -0.1) is 10.2 Å². The number of nitrogens with one attached hydrogen (secondary N) is 1. The molecule has 7 nitrogen and oxygen atoms in total. The van der Waals surface area contributed by atoms with Gasteiger partial charge in [-0.1, -0.05) is 65.6 Å². The molecule has 0 radical (unpaired) electrons. The fraction of sp³-hybridized carbons (Fsp3) is 0.200. The van der Waals surface area contributed by atoms with Gasteiger partial charge in [0.25, 0.3) is 5.91 Å². The van der Waals surface area contributed by atoms with Gasteiger partial charge in [0.1, 0.15) is 5.75 Å². The quantitative estimate of drug-likeness (QED) is 0.461. The predicted molar refractivity (Wildman–Crippen MR) is 112 cm³/mol. The number of carbonyl (C=O) groups is 2. The summed E-state index contributed by atoms with van der Waals surface area (Å²) in [5, 5.41) is 11.0. The largest absolute Gasteiger partial charge is 0.484 e. The van der Waals surface area contributed by atoms with Crippen LogP contribution in [0.25, 0.3) is 0 Å². The number of carbonyl (C=O) groups excluding carboxylic acids is 2. The fourth-order valence-corrected chi connectivity index (χ4v) is 4.53. The van der Waals surface area contributed by atoms with Gasteiger partial charge in [0.05, 0.1) is 5.75 Å². The second-order valence-corrected chi connectivity index (χ2v) is 8.53. The third-order valence-electron chi connectivity index (χ3n) is 4.28. The Hall–Kier alpha value is -2.91. The zero-order chi connectivity index (χ0) is 20.1. The Morgan fingerprint density at radius 2 is 1.72 bits per heavy atom. The summed E-state index contributed by atoms with van der Waals surface area (Å²) in [6.07, 6.45) is 0. The standard InChI is InChI=1S/C20H18N4O3S2/c25-17(12-27-16-8-2-1-3-9-16)21-19-22-23-20(29-19)28-13-18(26)24-10-14-6-4-5-7-15(14)11-24/h1-9H,10-13H2,(H,21,22,25). The second kappa shape index (κ2) is 9.06. The highest BCUT2D eigenvalue weighted by atomic mass is 32.2. The van der Waals surface area contributed by atoms with Gasteiger partial charge in [-0.2, -0.15) is 0 Å². The molecule has 0 fully saturated rings. The van der Waals surface area contributed by atoms with Crippen LogP contribution in [0.2, 0.25) is 0 Å². The summed E-state index contributed by atoms with van der Waals surface area (Å²) in [7, 11) is 0. The summed E-state index contributed by atoms with van der Waals surface area (Å²) >= 11 is 2.56. The molecule has 2 aromatic carbocycles. The van der Waals surface area contributed by atoms with E-state index in [4.69, 9.17) is 4.74 Å². The van der Waals surface area contributed by atoms with Crippen molar-refractivity contribution in [1.29, 1.82) is 0 Å². The number of para-hydroxylation sites is 1. The molecule has 3 aromatic rings. The predicted octanol–water partition coefficient (Wildman–Crippen LogP) is 3.19. The zero-order valence-electron chi connectivity index (χ0n) is 15.4. The van der Waals surface area contributed by atoms with E-state index >= 15 is 0 Å². The summed E-state index contributed by atoms with van der Waals surface area (Å²) in [6, 6.07) is 17.2. The number of ether oxygens (including phenoxy) is 1. The third kappa shape index (κ3) is 5.12. The monoisotopic (exact) mass is 426 g/mol. The average Bonchev–Trinajstić information content (AvgIpc) is 3.38. The topological polar surface area (TPSA) is 84.4 Å². The highest BCUT2D eigenvalue weighted by molar-refractivity contribution is 8.01. The minimum absolute atomic E-state index is 0.0586. The van der Waals surface area contributed by atoms with Crippen molar-refractivity contribution in [3.63, 3.8) is 0 Å². The van der Waals surface area contributed by atoms with Crippen molar-refractivity contribution >= 4 is 40.0 Å². The van der Waals surface area contributed by atoms with Crippen molar-refractivity contribution in [3.05, 3.63) is 65.7 Å². The molecule has 1 aliphatic heterocycles. The van der Waals surface area contributed by atoms with Gasteiger partial charge in [-0.3, -0.25) is 14.9 Å². The van der Waals surface area contributed by atoms with Gasteiger partial charge in [0.2, 0.25) is 11.0 Å². The van der Waals surface area contributed by atoms with E-state index in [1.165, 1.54) is 34.2 Å². The lowest BCUT2D eigenvalue weighted by Crippen LogP contribution is -2.26. The Morgan fingerprint density at radius 3 is 2.45 bits per heavy atom. The summed E-state index contributed by atoms with van der Waals surface area (Å²) in [5.74, 6) is 0.655. The summed E-state index contributed by atoms with van der Waals surface area (Å²) in [5.41, 5.74) is 2.40. The number of hydrogen-bond acceptors (Lipinski definition) is 7. The van der Waals surface area contributed by atoms with Gasteiger partial charge in [-0.25, -0.2) is 0 Å². The van der Waals surface area contributed by atoms with Crippen molar-refractivity contribution in [2.75, 3.05) is 17.7 Å². The molecule has 0 bridgehead atoms. The minimum Gasteiger partial charge on any atom is -0.484 e. The average molecular weight is 427 g/mol. The van der Waals surface area contributed by atoms with Crippen LogP contribution in [0, 0.1) is 0 Å². The van der Waals surface area contributed by atoms with Gasteiger partial charge in [0.15, 0.2) is 10.9 Å². The van der Waals surface area contributed by atoms with E-state index in [1.54, 1.807) is 12.1 Å². The minimum atomic E-state index is -0.313. The molecule has 2 heterocycles. The molecule has 29 heavy (non-hydrogen) atoms. The van der Waals surface area contributed by atoms with E-state index in [2.05, 4.69) is 27.6 Å². The van der Waals surface area contributed by atoms with Crippen molar-refractivity contribution in [2.24, 2.45) is 0 Å². The molecule has 4 rings (SSSR count). The van der Waals surface area contributed by atoms with Crippen LogP contribution in [0.15, 0.2) is 58.9 Å². The molecule has 9 heteroatoms. The van der Waals surface area contributed by atoms with E-state index in [9.17, 15) is 9.59 Å². The normalized spacial score (nSPS) is 12.5. The van der Waals surface area contributed by atoms with Crippen LogP contribution in [0.1, 0.15) is 11.1 Å². The van der Waals surface area contributed by atoms with Crippen molar-refractivity contribution < 1.29 is 14.3 Å². The summed E-state index contributed by atoms with van der Waals surface area (Å²) in [4.78, 5) is 26.3. The maximum atomic E-state index is 12.5. The lowest BCUT2D eigenvalue weighted by Gasteiger charge is -2.14. The number of nitrogens with zero attached hydrogens (tertiary/aromatic N) is 3. The first-order valence-electron chi connectivity index (χ1n) is 8.96. The van der Waals surface area contributed by atoms with Gasteiger partial charge < -0.3 is 9.64 Å². The number of fused-ring (bicyclic) bond motifs is 1. The SMILES string of the molecule is O=C(COc1ccccc1)Nc1nnc(SCC(=O)N2Cc3ccccc3C2)s1. The van der Waals surface area contributed by atoms with Gasteiger partial charge in [0, 0.05) is 13.1 Å². The number of aromatic nitrogens is 2. The highest BCUT2D eigenvalue weighted by Crippen LogP contribution is 2.28. The number of anilines is 1. The Bertz CT molecular complexity index is 985. The van der Waals surface area contributed by atoms with Gasteiger partial charge >= 0.3 is 0 Å². The zero-order valence-corrected chi connectivity index (χ0v) is 17.0. The van der Waals surface area contributed by atoms with Crippen molar-refractivity contribution in [2.45, 2.75) is 17.4 Å². The highest BCUT2D eigenvalue weighted by Gasteiger charge is 2.23. The number of amides is 2. The Morgan fingerprint density at radius 1 is 1.03 bits per heavy atom. The van der Waals surface area contributed by atoms with E-state index in [0.29, 0.717) is 28.3 Å². The van der Waals surface area contributed by atoms with Gasteiger partial charge in [-0.05, 0) is 23.3 Å². The first kappa shape index (κ1) is 19.4. The molecule has 0 saturated carbocycles. The third-order valence-corrected chi connectivity index (χ3v) is 6.24. The first-order valence-corrected chi connectivity index (χ1v) is 10.8. The molecule has 0 aliphatic carbocycles. The van der Waals surface area contributed by atoms with Crippen LogP contribution in [0.3, 0.4) is 0 Å². The second-order valence-electron chi connectivity index (χ2n) is 6.33. The van der Waals surface area contributed by atoms with E-state index < -0.39 is 0 Å². The van der Waals surface area contributed by atoms with Crippen LogP contribution in [0.5, 0.6) is 5.75 Å². The Kier molecular flexibility index (Phi) is 6.06. The molecule has 1 aromatic heterocycles. The van der Waals surface area contributed by atoms with Crippen LogP contribution in [-0.4, -0.2) is 39.3 Å². The molecular formula is C20H18N4O3S2. The molecule has 148 valence electrons. The Labute approximate surface area is 176 Å². The molecule has 1 N–H and O–H groups in total.